The molecule has 1 heteroatoms. The maximum Gasteiger partial charge on any atom is 0.123 e. The van der Waals surface area contributed by atoms with Crippen LogP contribution in [-0.2, 0) is 0 Å². The molecular formula is C23H20O. The van der Waals surface area contributed by atoms with Gasteiger partial charge in [0.2, 0.25) is 0 Å². The molecule has 1 N–H and O–H groups in total. The van der Waals surface area contributed by atoms with E-state index in [9.17, 15) is 5.11 Å². The van der Waals surface area contributed by atoms with Crippen molar-refractivity contribution in [2.75, 3.05) is 0 Å². The van der Waals surface area contributed by atoms with Crippen molar-refractivity contribution in [3.05, 3.63) is 83.4 Å². The predicted octanol–water partition coefficient (Wildman–Crippen LogP) is 6.34. The van der Waals surface area contributed by atoms with E-state index in [1.807, 2.05) is 18.2 Å². The Hall–Kier alpha value is -2.80. The van der Waals surface area contributed by atoms with E-state index in [2.05, 4.69) is 56.3 Å². The molecule has 1 nitrogen and oxygen atoms in total. The molecule has 0 saturated heterocycles. The Balaban J connectivity index is 2.09. The van der Waals surface area contributed by atoms with Gasteiger partial charge in [-0.3, -0.25) is 0 Å². The summed E-state index contributed by atoms with van der Waals surface area (Å²) in [6.07, 6.45) is 3.24. The van der Waals surface area contributed by atoms with E-state index in [4.69, 9.17) is 0 Å². The Morgan fingerprint density at radius 2 is 1.54 bits per heavy atom. The van der Waals surface area contributed by atoms with Crippen LogP contribution < -0.4 is 0 Å². The Morgan fingerprint density at radius 1 is 0.792 bits per heavy atom. The highest BCUT2D eigenvalue weighted by atomic mass is 16.3. The molecule has 0 bridgehead atoms. The fourth-order valence-corrected chi connectivity index (χ4v) is 3.61. The van der Waals surface area contributed by atoms with E-state index in [1.165, 1.54) is 33.1 Å². The number of benzene rings is 3. The lowest BCUT2D eigenvalue weighted by Gasteiger charge is -2.17. The summed E-state index contributed by atoms with van der Waals surface area (Å²) in [7, 11) is 0. The zero-order valence-electron chi connectivity index (χ0n) is 14.0. The molecule has 0 spiro atoms. The molecule has 3 aromatic rings. The third kappa shape index (κ3) is 2.25. The van der Waals surface area contributed by atoms with Crippen molar-refractivity contribution in [3.63, 3.8) is 0 Å². The van der Waals surface area contributed by atoms with Gasteiger partial charge in [-0.2, -0.15) is 0 Å². The van der Waals surface area contributed by atoms with Gasteiger partial charge in [-0.1, -0.05) is 66.2 Å². The summed E-state index contributed by atoms with van der Waals surface area (Å²) < 4.78 is 0. The molecule has 0 unspecified atom stereocenters. The topological polar surface area (TPSA) is 20.2 Å². The van der Waals surface area contributed by atoms with Gasteiger partial charge in [-0.05, 0) is 53.8 Å². The molecule has 1 aliphatic rings. The van der Waals surface area contributed by atoms with Gasteiger partial charge in [0.25, 0.3) is 0 Å². The molecule has 4 rings (SSSR count). The lowest BCUT2D eigenvalue weighted by Crippen LogP contribution is -1.93. The summed E-state index contributed by atoms with van der Waals surface area (Å²) in [5, 5.41) is 12.9. The first kappa shape index (κ1) is 14.8. The number of allylic oxidation sites excluding steroid dienone is 4. The first-order valence-corrected chi connectivity index (χ1v) is 8.34. The predicted molar refractivity (Wildman–Crippen MR) is 102 cm³/mol. The third-order valence-corrected chi connectivity index (χ3v) is 5.08. The number of phenolic OH excluding ortho intramolecular Hbond substituents is 1. The smallest absolute Gasteiger partial charge is 0.123 e. The van der Waals surface area contributed by atoms with Crippen LogP contribution in [0.3, 0.4) is 0 Å². The molecule has 0 atom stereocenters. The molecule has 0 aliphatic heterocycles. The van der Waals surface area contributed by atoms with E-state index in [1.54, 1.807) is 6.07 Å². The van der Waals surface area contributed by atoms with Gasteiger partial charge in [-0.25, -0.2) is 0 Å². The summed E-state index contributed by atoms with van der Waals surface area (Å²) in [6.45, 7) is 4.36. The number of para-hydroxylation sites is 1. The van der Waals surface area contributed by atoms with Crippen LogP contribution in [0, 0.1) is 0 Å². The number of fused-ring (bicyclic) bond motifs is 1. The highest BCUT2D eigenvalue weighted by Gasteiger charge is 2.19. The van der Waals surface area contributed by atoms with Crippen LogP contribution in [0.1, 0.15) is 25.8 Å². The minimum Gasteiger partial charge on any atom is -0.507 e. The van der Waals surface area contributed by atoms with Crippen molar-refractivity contribution in [1.82, 2.24) is 0 Å². The second-order valence-electron chi connectivity index (χ2n) is 6.42. The zero-order chi connectivity index (χ0) is 16.7. The monoisotopic (exact) mass is 312 g/mol. The summed E-state index contributed by atoms with van der Waals surface area (Å²) in [5.41, 5.74) is 7.30. The zero-order valence-corrected chi connectivity index (χ0v) is 14.0. The fraction of sp³-hybridized carbons (Fsp3) is 0.130. The molecule has 0 amide bonds. The number of rotatable bonds is 2. The van der Waals surface area contributed by atoms with Crippen molar-refractivity contribution >= 4 is 16.3 Å². The van der Waals surface area contributed by atoms with Gasteiger partial charge >= 0.3 is 0 Å². The summed E-state index contributed by atoms with van der Waals surface area (Å²) in [4.78, 5) is 0. The number of aromatic hydroxyl groups is 1. The Morgan fingerprint density at radius 3 is 2.29 bits per heavy atom. The van der Waals surface area contributed by atoms with Crippen LogP contribution in [-0.4, -0.2) is 5.11 Å². The van der Waals surface area contributed by atoms with Crippen LogP contribution in [0.5, 0.6) is 5.75 Å². The quantitative estimate of drug-likeness (QED) is 0.585. The molecule has 24 heavy (non-hydrogen) atoms. The van der Waals surface area contributed by atoms with E-state index in [0.717, 1.165) is 17.5 Å². The SMILES string of the molecule is CC1=CCC(c2ccc3ccccc3c2-c2ccccc2O)=C1C. The average Bonchev–Trinajstić information content (AvgIpc) is 2.94. The molecule has 118 valence electrons. The summed E-state index contributed by atoms with van der Waals surface area (Å²) in [5.74, 6) is 0.330. The van der Waals surface area contributed by atoms with Crippen LogP contribution >= 0.6 is 0 Å². The lowest BCUT2D eigenvalue weighted by atomic mass is 9.87. The lowest BCUT2D eigenvalue weighted by molar-refractivity contribution is 0.477. The largest absolute Gasteiger partial charge is 0.507 e. The van der Waals surface area contributed by atoms with Crippen LogP contribution in [0.4, 0.5) is 0 Å². The summed E-state index contributed by atoms with van der Waals surface area (Å²) >= 11 is 0. The Bertz CT molecular complexity index is 1010. The maximum absolute atomic E-state index is 10.5. The minimum absolute atomic E-state index is 0.330. The fourth-order valence-electron chi connectivity index (χ4n) is 3.61. The highest BCUT2D eigenvalue weighted by molar-refractivity contribution is 6.04. The van der Waals surface area contributed by atoms with Crippen molar-refractivity contribution in [2.24, 2.45) is 0 Å². The van der Waals surface area contributed by atoms with E-state index in [0.29, 0.717) is 5.75 Å². The van der Waals surface area contributed by atoms with Crippen LogP contribution in [0.25, 0.3) is 27.5 Å². The Labute approximate surface area is 142 Å². The second-order valence-corrected chi connectivity index (χ2v) is 6.42. The van der Waals surface area contributed by atoms with Gasteiger partial charge in [0, 0.05) is 11.1 Å². The number of hydrogen-bond acceptors (Lipinski definition) is 1. The molecule has 3 aromatic carbocycles. The molecule has 0 fully saturated rings. The third-order valence-electron chi connectivity index (χ3n) is 5.08. The van der Waals surface area contributed by atoms with Gasteiger partial charge in [0.15, 0.2) is 0 Å². The standard InChI is InChI=1S/C23H20O/c1-15-11-13-18(16(15)2)20-14-12-17-7-3-4-8-19(17)23(20)21-9-5-6-10-22(21)24/h3-12,14,24H,13H2,1-2H3. The Kier molecular flexibility index (Phi) is 3.50. The van der Waals surface area contributed by atoms with Crippen molar-refractivity contribution in [3.8, 4) is 16.9 Å². The summed E-state index contributed by atoms with van der Waals surface area (Å²) in [6, 6.07) is 20.4. The van der Waals surface area contributed by atoms with Gasteiger partial charge in [0.1, 0.15) is 5.75 Å². The first-order chi connectivity index (χ1) is 11.7. The van der Waals surface area contributed by atoms with Crippen LogP contribution in [0.2, 0.25) is 0 Å². The number of phenols is 1. The van der Waals surface area contributed by atoms with Gasteiger partial charge < -0.3 is 5.11 Å². The average molecular weight is 312 g/mol. The first-order valence-electron chi connectivity index (χ1n) is 8.34. The molecule has 0 heterocycles. The molecule has 0 radical (unpaired) electrons. The van der Waals surface area contributed by atoms with Crippen molar-refractivity contribution in [2.45, 2.75) is 20.3 Å². The second kappa shape index (κ2) is 5.68. The van der Waals surface area contributed by atoms with Gasteiger partial charge in [0.05, 0.1) is 0 Å². The molecule has 0 saturated carbocycles. The maximum atomic E-state index is 10.5. The number of hydrogen-bond donors (Lipinski definition) is 1. The molecule has 1 aliphatic carbocycles. The van der Waals surface area contributed by atoms with E-state index >= 15 is 0 Å². The van der Waals surface area contributed by atoms with E-state index < -0.39 is 0 Å². The van der Waals surface area contributed by atoms with E-state index in [-0.39, 0.29) is 0 Å². The van der Waals surface area contributed by atoms with Crippen molar-refractivity contribution in [1.29, 1.82) is 0 Å². The molecule has 0 aromatic heterocycles. The van der Waals surface area contributed by atoms with Crippen molar-refractivity contribution < 1.29 is 5.11 Å². The minimum atomic E-state index is 0.330. The van der Waals surface area contributed by atoms with Crippen LogP contribution in [0.15, 0.2) is 77.9 Å². The molecular weight excluding hydrogens is 292 g/mol. The normalized spacial score (nSPS) is 14.3. The highest BCUT2D eigenvalue weighted by Crippen LogP contribution is 2.43. The van der Waals surface area contributed by atoms with Gasteiger partial charge in [-0.15, -0.1) is 0 Å².